The highest BCUT2D eigenvalue weighted by atomic mass is 16.7. The minimum Gasteiger partial charge on any atom is -0.479 e. The van der Waals surface area contributed by atoms with E-state index in [-0.39, 0.29) is 25.9 Å². The third-order valence-electron chi connectivity index (χ3n) is 16.0. The van der Waals surface area contributed by atoms with Crippen molar-refractivity contribution in [3.63, 3.8) is 0 Å². The lowest BCUT2D eigenvalue weighted by Gasteiger charge is -2.40. The van der Waals surface area contributed by atoms with E-state index < -0.39 is 67.3 Å². The Hall–Kier alpha value is -2.80. The molecule has 0 aromatic heterocycles. The van der Waals surface area contributed by atoms with Crippen LogP contribution in [0.1, 0.15) is 342 Å². The van der Waals surface area contributed by atoms with E-state index in [9.17, 15) is 34.5 Å². The molecule has 1 aliphatic rings. The number of carboxylic acid groups (broad SMARTS) is 1. The summed E-state index contributed by atoms with van der Waals surface area (Å²) in [6.45, 7) is 6.04. The molecule has 0 aromatic rings. The van der Waals surface area contributed by atoms with E-state index in [0.717, 1.165) is 89.9 Å². The molecule has 1 rings (SSSR count). The Morgan fingerprint density at radius 2 is 0.704 bits per heavy atom. The summed E-state index contributed by atoms with van der Waals surface area (Å²) in [5.41, 5.74) is 0. The number of aliphatic carboxylic acids is 1. The van der Waals surface area contributed by atoms with Crippen molar-refractivity contribution < 1.29 is 58.2 Å². The molecule has 0 radical (unpaired) electrons. The second-order valence-corrected chi connectivity index (χ2v) is 23.8. The fraction of sp³-hybridized carbons (Fsp3) is 0.884. The third-order valence-corrected chi connectivity index (χ3v) is 16.0. The van der Waals surface area contributed by atoms with Gasteiger partial charge in [-0.3, -0.25) is 14.4 Å². The van der Waals surface area contributed by atoms with Crippen molar-refractivity contribution in [1.82, 2.24) is 0 Å². The van der Waals surface area contributed by atoms with E-state index in [0.29, 0.717) is 19.3 Å². The summed E-state index contributed by atoms with van der Waals surface area (Å²) in [6.07, 6.45) is 55.6. The maximum Gasteiger partial charge on any atom is 0.335 e. The Morgan fingerprint density at radius 1 is 0.395 bits per heavy atom. The monoisotopic (exact) mass is 1150 g/mol. The molecule has 6 unspecified atom stereocenters. The minimum absolute atomic E-state index is 0.0594. The molecule has 1 heterocycles. The van der Waals surface area contributed by atoms with Gasteiger partial charge in [-0.1, -0.05) is 276 Å². The van der Waals surface area contributed by atoms with Crippen LogP contribution in [0.3, 0.4) is 0 Å². The smallest absolute Gasteiger partial charge is 0.335 e. The predicted octanol–water partition coefficient (Wildman–Crippen LogP) is 18.6. The number of carboxylic acids is 1. The molecule has 0 spiro atoms. The quantitative estimate of drug-likeness (QED) is 0.0228. The second kappa shape index (κ2) is 57.6. The first-order chi connectivity index (χ1) is 39.6. The van der Waals surface area contributed by atoms with Crippen LogP contribution in [0.4, 0.5) is 0 Å². The summed E-state index contributed by atoms with van der Waals surface area (Å²) in [5, 5.41) is 31.6. The topological polar surface area (TPSA) is 175 Å². The minimum atomic E-state index is -1.90. The van der Waals surface area contributed by atoms with Crippen LogP contribution in [-0.2, 0) is 42.9 Å². The van der Waals surface area contributed by atoms with Crippen LogP contribution in [0.5, 0.6) is 0 Å². The standard InChI is InChI=1S/C69H126O12/c1-4-7-10-13-16-19-22-25-28-30-31-33-35-37-40-43-46-49-52-55-61(70)77-58-60(79-62(71)56-53-50-47-44-41-38-34-27-24-21-18-15-12-9-6-3)59-78-69-67(65(74)64(73)66(81-69)68(75)76)80-63(72)57-54-51-48-45-42-39-36-32-29-26-23-20-17-14-11-8-5-2/h26-27,29,34,60,64-67,69,73-74H,4-25,28,30-33,35-59H2,1-3H3,(H,75,76)/b29-26-,34-27-. The zero-order valence-electron chi connectivity index (χ0n) is 52.6. The molecule has 0 aromatic carbocycles. The molecule has 1 saturated heterocycles. The number of rotatable bonds is 60. The summed E-state index contributed by atoms with van der Waals surface area (Å²) >= 11 is 0. The molecule has 12 heteroatoms. The lowest BCUT2D eigenvalue weighted by atomic mass is 9.98. The zero-order valence-corrected chi connectivity index (χ0v) is 52.6. The number of carbonyl (C=O) groups excluding carboxylic acids is 3. The van der Waals surface area contributed by atoms with Gasteiger partial charge < -0.3 is 39.0 Å². The summed E-state index contributed by atoms with van der Waals surface area (Å²) in [4.78, 5) is 51.4. The van der Waals surface area contributed by atoms with Gasteiger partial charge in [0.05, 0.1) is 6.61 Å². The molecule has 0 bridgehead atoms. The highest BCUT2D eigenvalue weighted by Crippen LogP contribution is 2.27. The maximum atomic E-state index is 13.2. The third kappa shape index (κ3) is 47.2. The van der Waals surface area contributed by atoms with Crippen LogP contribution in [-0.4, -0.2) is 89.2 Å². The first-order valence-electron chi connectivity index (χ1n) is 34.3. The average Bonchev–Trinajstić information content (AvgIpc) is 3.53. The number of hydrogen-bond acceptors (Lipinski definition) is 11. The Labute approximate surface area is 496 Å². The Morgan fingerprint density at radius 3 is 1.05 bits per heavy atom. The largest absolute Gasteiger partial charge is 0.479 e. The van der Waals surface area contributed by atoms with E-state index in [1.807, 2.05) is 0 Å². The van der Waals surface area contributed by atoms with Crippen molar-refractivity contribution in [3.05, 3.63) is 24.3 Å². The van der Waals surface area contributed by atoms with E-state index in [2.05, 4.69) is 45.1 Å². The number of unbranched alkanes of at least 4 members (excludes halogenated alkanes) is 42. The van der Waals surface area contributed by atoms with Crippen LogP contribution >= 0.6 is 0 Å². The lowest BCUT2D eigenvalue weighted by Crippen LogP contribution is -2.61. The van der Waals surface area contributed by atoms with Gasteiger partial charge in [-0.15, -0.1) is 0 Å². The highest BCUT2D eigenvalue weighted by molar-refractivity contribution is 5.74. The highest BCUT2D eigenvalue weighted by Gasteiger charge is 2.50. The molecular formula is C69H126O12. The Bertz CT molecular complexity index is 1500. The van der Waals surface area contributed by atoms with Crippen molar-refractivity contribution in [2.24, 2.45) is 0 Å². The van der Waals surface area contributed by atoms with Crippen molar-refractivity contribution >= 4 is 23.9 Å². The molecular weight excluding hydrogens is 1020 g/mol. The van der Waals surface area contributed by atoms with Gasteiger partial charge in [0.25, 0.3) is 0 Å². The maximum absolute atomic E-state index is 13.2. The van der Waals surface area contributed by atoms with Gasteiger partial charge >= 0.3 is 23.9 Å². The molecule has 474 valence electrons. The van der Waals surface area contributed by atoms with E-state index in [1.165, 1.54) is 193 Å². The van der Waals surface area contributed by atoms with Gasteiger partial charge in [-0.2, -0.15) is 0 Å². The molecule has 1 aliphatic heterocycles. The molecule has 1 fully saturated rings. The number of allylic oxidation sites excluding steroid dienone is 4. The SMILES string of the molecule is CCCCCCCC/C=C\CCCCCCCCCC(=O)OC1C(OCC(COC(=O)CCCCCCCCCCCCCCCCCCCCC)OC(=O)CCCCCCC/C=C\CCCCCCCC)OC(C(=O)O)C(O)C1O. The molecule has 6 atom stereocenters. The van der Waals surface area contributed by atoms with Gasteiger partial charge in [0.15, 0.2) is 24.6 Å². The van der Waals surface area contributed by atoms with Crippen LogP contribution in [0.15, 0.2) is 24.3 Å². The average molecular weight is 1150 g/mol. The van der Waals surface area contributed by atoms with E-state index >= 15 is 0 Å². The van der Waals surface area contributed by atoms with Gasteiger partial charge in [0.2, 0.25) is 0 Å². The second-order valence-electron chi connectivity index (χ2n) is 23.8. The Balaban J connectivity index is 2.62. The van der Waals surface area contributed by atoms with Crippen molar-refractivity contribution in [3.8, 4) is 0 Å². The Kier molecular flexibility index (Phi) is 54.2. The number of carbonyl (C=O) groups is 4. The number of aliphatic hydroxyl groups is 2. The number of aliphatic hydroxyl groups excluding tert-OH is 2. The van der Waals surface area contributed by atoms with Gasteiger partial charge in [0, 0.05) is 19.3 Å². The van der Waals surface area contributed by atoms with Crippen LogP contribution in [0.25, 0.3) is 0 Å². The predicted molar refractivity (Wildman–Crippen MR) is 331 cm³/mol. The summed E-state index contributed by atoms with van der Waals surface area (Å²) in [5.74, 6) is -3.09. The fourth-order valence-corrected chi connectivity index (χ4v) is 10.7. The van der Waals surface area contributed by atoms with Gasteiger partial charge in [-0.25, -0.2) is 4.79 Å². The van der Waals surface area contributed by atoms with Crippen LogP contribution < -0.4 is 0 Å². The molecule has 3 N–H and O–H groups in total. The van der Waals surface area contributed by atoms with E-state index in [4.69, 9.17) is 23.7 Å². The summed E-state index contributed by atoms with van der Waals surface area (Å²) < 4.78 is 28.6. The first-order valence-corrected chi connectivity index (χ1v) is 34.3. The van der Waals surface area contributed by atoms with Crippen LogP contribution in [0, 0.1) is 0 Å². The van der Waals surface area contributed by atoms with Crippen molar-refractivity contribution in [2.75, 3.05) is 13.2 Å². The normalized spacial score (nSPS) is 17.8. The fourth-order valence-electron chi connectivity index (χ4n) is 10.7. The van der Waals surface area contributed by atoms with Crippen molar-refractivity contribution in [2.45, 2.75) is 379 Å². The lowest BCUT2D eigenvalue weighted by molar-refractivity contribution is -0.301. The number of hydrogen-bond donors (Lipinski definition) is 3. The van der Waals surface area contributed by atoms with Gasteiger partial charge in [0.1, 0.15) is 18.8 Å². The molecule has 0 saturated carbocycles. The first kappa shape index (κ1) is 76.2. The zero-order chi connectivity index (χ0) is 58.9. The van der Waals surface area contributed by atoms with Crippen molar-refractivity contribution in [1.29, 1.82) is 0 Å². The summed E-state index contributed by atoms with van der Waals surface area (Å²) in [6, 6.07) is 0. The summed E-state index contributed by atoms with van der Waals surface area (Å²) in [7, 11) is 0. The molecule has 0 aliphatic carbocycles. The molecule has 12 nitrogen and oxygen atoms in total. The van der Waals surface area contributed by atoms with Crippen LogP contribution in [0.2, 0.25) is 0 Å². The van der Waals surface area contributed by atoms with E-state index in [1.54, 1.807) is 0 Å². The number of esters is 3. The number of ether oxygens (including phenoxy) is 5. The molecule has 81 heavy (non-hydrogen) atoms. The van der Waals surface area contributed by atoms with Gasteiger partial charge in [-0.05, 0) is 70.6 Å². The molecule has 0 amide bonds.